The van der Waals surface area contributed by atoms with E-state index >= 15 is 0 Å². The summed E-state index contributed by atoms with van der Waals surface area (Å²) in [6.07, 6.45) is 7.82. The van der Waals surface area contributed by atoms with Gasteiger partial charge >= 0.3 is 11.7 Å². The van der Waals surface area contributed by atoms with Gasteiger partial charge in [-0.25, -0.2) is 9.59 Å². The standard InChI is InChI=1S/C32H44N2O9/c1-23-21-34(32(37)33(30(23)35)16-8-3-9-19-40-31(36)24-12-4-2-5-13-24)27-20-25(43-29-15-7-11-18-39-29)26(42-27)22-41-28-14-6-10-17-38-28/h2,4-5,12-13,21,25-29H,3,6-11,14-20,22H2,1H3/t25-,26+,27+,28?,29?/m0/s1. The van der Waals surface area contributed by atoms with E-state index in [2.05, 4.69) is 0 Å². The van der Waals surface area contributed by atoms with Gasteiger partial charge in [0.2, 0.25) is 0 Å². The number of aromatic nitrogens is 2. The van der Waals surface area contributed by atoms with Gasteiger partial charge in [0.05, 0.1) is 24.9 Å². The molecule has 3 aliphatic heterocycles. The van der Waals surface area contributed by atoms with Crippen molar-refractivity contribution in [2.75, 3.05) is 26.4 Å². The fourth-order valence-electron chi connectivity index (χ4n) is 5.76. The van der Waals surface area contributed by atoms with Crippen LogP contribution in [0.4, 0.5) is 0 Å². The zero-order chi connectivity index (χ0) is 30.0. The van der Waals surface area contributed by atoms with Gasteiger partial charge in [0, 0.05) is 37.9 Å². The van der Waals surface area contributed by atoms with Crippen molar-refractivity contribution in [2.45, 2.75) is 109 Å². The quantitative estimate of drug-likeness (QED) is 0.248. The molecular weight excluding hydrogens is 556 g/mol. The number of ether oxygens (including phenoxy) is 6. The molecule has 0 aliphatic carbocycles. The van der Waals surface area contributed by atoms with Crippen LogP contribution in [0.1, 0.15) is 86.4 Å². The van der Waals surface area contributed by atoms with Crippen molar-refractivity contribution >= 4 is 5.97 Å². The highest BCUT2D eigenvalue weighted by atomic mass is 16.7. The highest BCUT2D eigenvalue weighted by Crippen LogP contribution is 2.33. The lowest BCUT2D eigenvalue weighted by Gasteiger charge is -2.29. The third kappa shape index (κ3) is 8.63. The van der Waals surface area contributed by atoms with E-state index in [4.69, 9.17) is 28.4 Å². The summed E-state index contributed by atoms with van der Waals surface area (Å²) < 4.78 is 38.4. The van der Waals surface area contributed by atoms with E-state index in [0.717, 1.165) is 38.5 Å². The summed E-state index contributed by atoms with van der Waals surface area (Å²) >= 11 is 0. The highest BCUT2D eigenvalue weighted by molar-refractivity contribution is 5.89. The molecule has 1 aromatic heterocycles. The van der Waals surface area contributed by atoms with E-state index < -0.39 is 18.0 Å². The van der Waals surface area contributed by atoms with E-state index in [1.165, 1.54) is 9.13 Å². The van der Waals surface area contributed by atoms with Crippen LogP contribution in [0.2, 0.25) is 0 Å². The van der Waals surface area contributed by atoms with Crippen molar-refractivity contribution in [3.05, 3.63) is 68.5 Å². The Bertz CT molecular complexity index is 1280. The fourth-order valence-corrected chi connectivity index (χ4v) is 5.76. The van der Waals surface area contributed by atoms with E-state index in [9.17, 15) is 14.4 Å². The van der Waals surface area contributed by atoms with Gasteiger partial charge in [-0.3, -0.25) is 13.9 Å². The number of nitrogens with zero attached hydrogens (tertiary/aromatic N) is 2. The van der Waals surface area contributed by atoms with Crippen molar-refractivity contribution in [1.82, 2.24) is 9.13 Å². The van der Waals surface area contributed by atoms with Crippen LogP contribution in [-0.2, 0) is 35.0 Å². The minimum Gasteiger partial charge on any atom is -0.462 e. The van der Waals surface area contributed by atoms with Gasteiger partial charge in [-0.05, 0) is 76.8 Å². The molecule has 2 aromatic rings. The maximum atomic E-state index is 13.6. The number of rotatable bonds is 13. The van der Waals surface area contributed by atoms with Crippen LogP contribution in [0, 0.1) is 6.92 Å². The number of aryl methyl sites for hydroxylation is 1. The first-order valence-corrected chi connectivity index (χ1v) is 15.7. The average molecular weight is 601 g/mol. The smallest absolute Gasteiger partial charge is 0.338 e. The number of benzene rings is 1. The molecule has 236 valence electrons. The molecule has 0 N–H and O–H groups in total. The molecule has 4 heterocycles. The lowest BCUT2D eigenvalue weighted by atomic mass is 10.1. The van der Waals surface area contributed by atoms with Crippen molar-refractivity contribution in [3.8, 4) is 0 Å². The second kappa shape index (κ2) is 15.8. The summed E-state index contributed by atoms with van der Waals surface area (Å²) in [6, 6.07) is 8.85. The molecular formula is C32H44N2O9. The normalized spacial score (nSPS) is 25.9. The Morgan fingerprint density at radius 3 is 2.42 bits per heavy atom. The third-order valence-electron chi connectivity index (χ3n) is 8.18. The second-order valence-corrected chi connectivity index (χ2v) is 11.5. The molecule has 3 saturated heterocycles. The van der Waals surface area contributed by atoms with Crippen LogP contribution in [0.15, 0.2) is 46.1 Å². The molecule has 3 fully saturated rings. The monoisotopic (exact) mass is 600 g/mol. The summed E-state index contributed by atoms with van der Waals surface area (Å²) in [6.45, 7) is 3.87. The molecule has 0 saturated carbocycles. The molecule has 5 rings (SSSR count). The first kappa shape index (κ1) is 31.6. The Balaban J connectivity index is 1.19. The van der Waals surface area contributed by atoms with Crippen LogP contribution < -0.4 is 11.2 Å². The lowest BCUT2D eigenvalue weighted by Crippen LogP contribution is -2.42. The molecule has 3 aliphatic rings. The minimum atomic E-state index is -0.607. The van der Waals surface area contributed by atoms with Crippen molar-refractivity contribution in [3.63, 3.8) is 0 Å². The summed E-state index contributed by atoms with van der Waals surface area (Å²) in [5, 5.41) is 0. The van der Waals surface area contributed by atoms with Gasteiger partial charge in [0.1, 0.15) is 12.3 Å². The molecule has 11 heteroatoms. The predicted octanol–water partition coefficient (Wildman–Crippen LogP) is 4.09. The van der Waals surface area contributed by atoms with E-state index in [0.29, 0.717) is 50.0 Å². The van der Waals surface area contributed by atoms with Gasteiger partial charge in [0.25, 0.3) is 5.56 Å². The molecule has 0 radical (unpaired) electrons. The van der Waals surface area contributed by atoms with E-state index in [-0.39, 0.29) is 50.0 Å². The summed E-state index contributed by atoms with van der Waals surface area (Å²) in [5.74, 6) is -0.359. The van der Waals surface area contributed by atoms with Crippen molar-refractivity contribution < 1.29 is 33.2 Å². The van der Waals surface area contributed by atoms with Gasteiger partial charge in [-0.1, -0.05) is 18.2 Å². The zero-order valence-electron chi connectivity index (χ0n) is 25.0. The Morgan fingerprint density at radius 1 is 0.953 bits per heavy atom. The SMILES string of the molecule is Cc1cn([C@H]2C[C@H](OC3CCCCO3)[C@@H](COC3CCCCO3)O2)c(=O)n(CCCCCOC(=O)c2ccccc2)c1=O. The highest BCUT2D eigenvalue weighted by Gasteiger charge is 2.40. The topological polar surface area (TPSA) is 116 Å². The lowest BCUT2D eigenvalue weighted by molar-refractivity contribution is -0.216. The van der Waals surface area contributed by atoms with Crippen LogP contribution in [0.3, 0.4) is 0 Å². The van der Waals surface area contributed by atoms with E-state index in [1.807, 2.05) is 6.07 Å². The number of carbonyl (C=O) groups excluding carboxylic acids is 1. The third-order valence-corrected chi connectivity index (χ3v) is 8.18. The number of unbranched alkanes of at least 4 members (excludes halogenated alkanes) is 2. The van der Waals surface area contributed by atoms with Crippen molar-refractivity contribution in [2.24, 2.45) is 0 Å². The second-order valence-electron chi connectivity index (χ2n) is 11.5. The number of hydrogen-bond acceptors (Lipinski definition) is 9. The summed E-state index contributed by atoms with van der Waals surface area (Å²) in [5.41, 5.74) is 0.246. The first-order chi connectivity index (χ1) is 21.0. The number of esters is 1. The molecule has 2 unspecified atom stereocenters. The molecule has 43 heavy (non-hydrogen) atoms. The Morgan fingerprint density at radius 2 is 1.70 bits per heavy atom. The molecule has 0 spiro atoms. The number of carbonyl (C=O) groups is 1. The Hall–Kier alpha value is -2.83. The molecule has 0 bridgehead atoms. The summed E-state index contributed by atoms with van der Waals surface area (Å²) in [7, 11) is 0. The predicted molar refractivity (Wildman–Crippen MR) is 157 cm³/mol. The fraction of sp³-hybridized carbons (Fsp3) is 0.656. The van der Waals surface area contributed by atoms with Gasteiger partial charge in [0.15, 0.2) is 12.6 Å². The van der Waals surface area contributed by atoms with Crippen LogP contribution in [-0.4, -0.2) is 66.3 Å². The van der Waals surface area contributed by atoms with Crippen LogP contribution in [0.25, 0.3) is 0 Å². The van der Waals surface area contributed by atoms with Crippen molar-refractivity contribution in [1.29, 1.82) is 0 Å². The van der Waals surface area contributed by atoms with Gasteiger partial charge in [-0.2, -0.15) is 0 Å². The summed E-state index contributed by atoms with van der Waals surface area (Å²) in [4.78, 5) is 38.6. The Kier molecular flexibility index (Phi) is 11.6. The molecule has 5 atom stereocenters. The number of hydrogen-bond donors (Lipinski definition) is 0. The largest absolute Gasteiger partial charge is 0.462 e. The van der Waals surface area contributed by atoms with Crippen LogP contribution in [0.5, 0.6) is 0 Å². The zero-order valence-corrected chi connectivity index (χ0v) is 25.0. The first-order valence-electron chi connectivity index (χ1n) is 15.7. The maximum Gasteiger partial charge on any atom is 0.338 e. The average Bonchev–Trinajstić information content (AvgIpc) is 3.44. The Labute approximate surface area is 252 Å². The maximum absolute atomic E-state index is 13.6. The molecule has 1 aromatic carbocycles. The van der Waals surface area contributed by atoms with Gasteiger partial charge in [-0.15, -0.1) is 0 Å². The minimum absolute atomic E-state index is 0.264. The van der Waals surface area contributed by atoms with Gasteiger partial charge < -0.3 is 28.4 Å². The van der Waals surface area contributed by atoms with E-state index in [1.54, 1.807) is 37.4 Å². The molecule has 0 amide bonds. The molecule has 11 nitrogen and oxygen atoms in total. The van der Waals surface area contributed by atoms with Crippen LogP contribution >= 0.6 is 0 Å².